The summed E-state index contributed by atoms with van der Waals surface area (Å²) < 4.78 is 60.1. The summed E-state index contributed by atoms with van der Waals surface area (Å²) in [7, 11) is -10.3. The molecule has 0 aliphatic carbocycles. The summed E-state index contributed by atoms with van der Waals surface area (Å²) >= 11 is 0. The van der Waals surface area contributed by atoms with E-state index in [4.69, 9.17) is 9.11 Å². The SMILES string of the molecule is O=C(OS(=O)(=O)O)OS(=O)(=O)O.[Ca+2].[Ca+2].[H-].[H-].[H-].[H-].[H-].[H-].[H-].[H-].[Mg+2].[Mg+2]. The predicted octanol–water partition coefficient (Wildman–Crippen LogP) is -1.88. The van der Waals surface area contributed by atoms with Crippen molar-refractivity contribution in [3.05, 3.63) is 0 Å². The van der Waals surface area contributed by atoms with E-state index in [-0.39, 0.29) is 133 Å². The van der Waals surface area contributed by atoms with E-state index in [1.807, 2.05) is 0 Å². The molecule has 0 aromatic rings. The van der Waals surface area contributed by atoms with Gasteiger partial charge < -0.3 is 11.4 Å². The quantitative estimate of drug-likeness (QED) is 0.428. The molecule has 0 amide bonds. The van der Waals surface area contributed by atoms with E-state index >= 15 is 0 Å². The normalized spacial score (nSPS) is 9.12. The van der Waals surface area contributed by atoms with Crippen LogP contribution in [0.4, 0.5) is 4.79 Å². The topological polar surface area (TPSA) is 144 Å². The van der Waals surface area contributed by atoms with Gasteiger partial charge in [0.2, 0.25) is 0 Å². The van der Waals surface area contributed by atoms with Crippen molar-refractivity contribution >= 4 is 149 Å². The zero-order chi connectivity index (χ0) is 9.99. The first-order chi connectivity index (χ1) is 5.10. The fourth-order valence-electron chi connectivity index (χ4n) is 0.186. The molecule has 0 bridgehead atoms. The molecule has 0 atom stereocenters. The molecule has 2 N–H and O–H groups in total. The minimum Gasteiger partial charge on any atom is -1.00 e. The zero-order valence-corrected chi connectivity index (χ0v) is 16.8. The van der Waals surface area contributed by atoms with Gasteiger partial charge in [-0.05, 0) is 0 Å². The third kappa shape index (κ3) is 25.9. The van der Waals surface area contributed by atoms with Crippen LogP contribution < -0.4 is 0 Å². The van der Waals surface area contributed by atoms with Crippen molar-refractivity contribution in [3.63, 3.8) is 0 Å². The maximum atomic E-state index is 9.95. The number of carbonyl (C=O) groups excluding carboxylic acids is 1. The van der Waals surface area contributed by atoms with Crippen LogP contribution >= 0.6 is 0 Å². The molecule has 0 aliphatic heterocycles. The fraction of sp³-hybridized carbons (Fsp3) is 0. The first-order valence-electron chi connectivity index (χ1n) is 1.98. The van der Waals surface area contributed by atoms with Crippen molar-refractivity contribution in [2.45, 2.75) is 0 Å². The van der Waals surface area contributed by atoms with Crippen molar-refractivity contribution in [1.29, 1.82) is 0 Å². The fourth-order valence-corrected chi connectivity index (χ4v) is 0.641. The van der Waals surface area contributed by atoms with Crippen molar-refractivity contribution in [1.82, 2.24) is 0 Å². The summed E-state index contributed by atoms with van der Waals surface area (Å²) in [5.41, 5.74) is 0. The molecule has 16 heavy (non-hydrogen) atoms. The van der Waals surface area contributed by atoms with Crippen LogP contribution in [-0.4, -0.2) is 154 Å². The molecule has 15 heteroatoms. The Labute approximate surface area is 195 Å². The molecule has 0 spiro atoms. The average Bonchev–Trinajstić information content (AvgIpc) is 1.49. The molecule has 88 valence electrons. The minimum absolute atomic E-state index is 0. The molecule has 0 fully saturated rings. The summed E-state index contributed by atoms with van der Waals surface area (Å²) in [5, 5.41) is 0. The van der Waals surface area contributed by atoms with E-state index in [2.05, 4.69) is 8.37 Å². The molecule has 0 saturated carbocycles. The molecule has 0 aromatic carbocycles. The van der Waals surface area contributed by atoms with Crippen molar-refractivity contribution in [3.8, 4) is 0 Å². The van der Waals surface area contributed by atoms with Crippen LogP contribution in [0.25, 0.3) is 0 Å². The van der Waals surface area contributed by atoms with E-state index in [0.717, 1.165) is 0 Å². The van der Waals surface area contributed by atoms with Crippen LogP contribution in [0.1, 0.15) is 11.4 Å². The Hall–Kier alpha value is 3.14. The number of hydrogen-bond donors (Lipinski definition) is 2. The number of rotatable bonds is 2. The Balaban J connectivity index is -0.00000000917. The van der Waals surface area contributed by atoms with Crippen molar-refractivity contribution in [2.75, 3.05) is 0 Å². The van der Waals surface area contributed by atoms with E-state index in [1.165, 1.54) is 0 Å². The molecular formula is CH10Ca2Mg2O9S2. The first-order valence-corrected chi connectivity index (χ1v) is 4.71. The second-order valence-corrected chi connectivity index (χ2v) is 3.32. The number of carbonyl (C=O) groups is 1. The standard InChI is InChI=1S/CH2O9S2.2Ca.2Mg.8H/c2-1(9-11(3,4)5)10-12(6,7)8;;;;;;;;;;;;/h(H,3,4,5)(H,6,7,8);;;;;;;;;;;;/q;4*+2;8*-1. The Kier molecular flexibility index (Phi) is 25.9. The maximum absolute atomic E-state index is 9.95. The van der Waals surface area contributed by atoms with E-state index in [1.54, 1.807) is 0 Å². The van der Waals surface area contributed by atoms with Crippen molar-refractivity contribution < 1.29 is 50.5 Å². The molecular weight excluding hydrogens is 349 g/mol. The summed E-state index contributed by atoms with van der Waals surface area (Å²) in [6.07, 6.45) is -2.29. The Bertz CT molecular complexity index is 358. The number of hydrogen-bond acceptors (Lipinski definition) is 7. The Morgan fingerprint density at radius 2 is 1.06 bits per heavy atom. The summed E-state index contributed by atoms with van der Waals surface area (Å²) in [5.74, 6) is 0. The van der Waals surface area contributed by atoms with Gasteiger partial charge in [0.15, 0.2) is 0 Å². The molecule has 0 heterocycles. The molecule has 0 aromatic heterocycles. The molecule has 9 nitrogen and oxygen atoms in total. The van der Waals surface area contributed by atoms with Gasteiger partial charge in [-0.15, -0.1) is 0 Å². The van der Waals surface area contributed by atoms with Gasteiger partial charge in [-0.1, -0.05) is 0 Å². The molecule has 0 aliphatic rings. The van der Waals surface area contributed by atoms with E-state index in [0.29, 0.717) is 0 Å². The zero-order valence-electron chi connectivity index (χ0n) is 15.9. The van der Waals surface area contributed by atoms with Crippen LogP contribution in [-0.2, 0) is 29.2 Å². The monoisotopic (exact) mass is 358 g/mol. The van der Waals surface area contributed by atoms with Gasteiger partial charge in [-0.25, -0.2) is 4.79 Å². The summed E-state index contributed by atoms with van der Waals surface area (Å²) in [6.45, 7) is 0. The van der Waals surface area contributed by atoms with Crippen LogP contribution in [0.15, 0.2) is 0 Å². The average molecular weight is 359 g/mol. The third-order valence-electron chi connectivity index (χ3n) is 0.347. The summed E-state index contributed by atoms with van der Waals surface area (Å²) in [6, 6.07) is 0. The van der Waals surface area contributed by atoms with Crippen molar-refractivity contribution in [2.24, 2.45) is 0 Å². The predicted molar refractivity (Wildman–Crippen MR) is 62.6 cm³/mol. The second kappa shape index (κ2) is 13.1. The van der Waals surface area contributed by atoms with Gasteiger partial charge in [-0.3, -0.25) is 17.5 Å². The smallest absolute Gasteiger partial charge is 1.00 e. The van der Waals surface area contributed by atoms with Gasteiger partial charge in [0.1, 0.15) is 0 Å². The molecule has 0 unspecified atom stereocenters. The minimum atomic E-state index is -5.15. The molecule has 0 radical (unpaired) electrons. The maximum Gasteiger partial charge on any atom is 2.00 e. The van der Waals surface area contributed by atoms with Crippen LogP contribution in [0.2, 0.25) is 0 Å². The van der Waals surface area contributed by atoms with Crippen LogP contribution in [0, 0.1) is 0 Å². The third-order valence-corrected chi connectivity index (χ3v) is 1.04. The Morgan fingerprint density at radius 3 is 1.19 bits per heavy atom. The van der Waals surface area contributed by atoms with Gasteiger partial charge in [0.25, 0.3) is 0 Å². The second-order valence-electron chi connectivity index (χ2n) is 1.27. The van der Waals surface area contributed by atoms with E-state index in [9.17, 15) is 21.6 Å². The van der Waals surface area contributed by atoms with E-state index < -0.39 is 27.0 Å². The van der Waals surface area contributed by atoms with Gasteiger partial charge in [-0.2, -0.15) is 16.8 Å². The summed E-state index contributed by atoms with van der Waals surface area (Å²) in [4.78, 5) is 9.95. The first kappa shape index (κ1) is 31.5. The van der Waals surface area contributed by atoms with Gasteiger partial charge >= 0.3 is 149 Å². The van der Waals surface area contributed by atoms with Gasteiger partial charge in [0.05, 0.1) is 0 Å². The molecule has 0 rings (SSSR count). The van der Waals surface area contributed by atoms with Gasteiger partial charge in [0, 0.05) is 0 Å². The largest absolute Gasteiger partial charge is 2.00 e. The van der Waals surface area contributed by atoms with Crippen LogP contribution in [0.3, 0.4) is 0 Å². The Morgan fingerprint density at radius 1 is 0.875 bits per heavy atom. The van der Waals surface area contributed by atoms with Crippen LogP contribution in [0.5, 0.6) is 0 Å². The molecule has 0 saturated heterocycles.